The Hall–Kier alpha value is -3.41. The molecule has 0 fully saturated rings. The number of rotatable bonds is 9. The predicted octanol–water partition coefficient (Wildman–Crippen LogP) is 5.36. The van der Waals surface area contributed by atoms with E-state index in [1.54, 1.807) is 24.3 Å². The van der Waals surface area contributed by atoms with Gasteiger partial charge in [0, 0.05) is 11.8 Å². The molecule has 1 aromatic heterocycles. The number of alkyl halides is 5. The lowest BCUT2D eigenvalue weighted by Gasteiger charge is -2.14. The second kappa shape index (κ2) is 10.2. The molecule has 182 valence electrons. The van der Waals surface area contributed by atoms with Gasteiger partial charge in [0.2, 0.25) is 15.9 Å². The van der Waals surface area contributed by atoms with E-state index in [1.807, 2.05) is 0 Å². The number of ether oxygens (including phenoxy) is 2. The molecule has 0 aliphatic rings. The number of benzene rings is 2. The average molecular weight is 502 g/mol. The van der Waals surface area contributed by atoms with Gasteiger partial charge >= 0.3 is 6.18 Å². The Labute approximate surface area is 192 Å². The average Bonchev–Trinajstić information content (AvgIpc) is 2.75. The fourth-order valence-corrected chi connectivity index (χ4v) is 3.46. The number of sulfonamides is 1. The van der Waals surface area contributed by atoms with E-state index in [0.717, 1.165) is 18.4 Å². The third kappa shape index (κ3) is 7.30. The molecule has 0 spiro atoms. The van der Waals surface area contributed by atoms with Crippen LogP contribution in [0, 0.1) is 0 Å². The second-order valence-corrected chi connectivity index (χ2v) is 8.92. The van der Waals surface area contributed by atoms with Crippen LogP contribution in [-0.2, 0) is 22.8 Å². The minimum Gasteiger partial charge on any atom is -0.489 e. The highest BCUT2D eigenvalue weighted by Crippen LogP contribution is 2.32. The summed E-state index contributed by atoms with van der Waals surface area (Å²) in [6, 6.07) is 12.6. The maximum Gasteiger partial charge on any atom is 0.416 e. The zero-order chi connectivity index (χ0) is 24.9. The molecule has 0 bridgehead atoms. The van der Waals surface area contributed by atoms with E-state index in [2.05, 4.69) is 9.71 Å². The van der Waals surface area contributed by atoms with E-state index in [4.69, 9.17) is 9.47 Å². The maximum absolute atomic E-state index is 12.9. The standard InChI is InChI=1S/C22H19F5N2O4S/c1-34(30,31)29-19-10-16(11-28-21(19)33-13-20(23)24)15-5-3-7-18(9-15)32-12-14-4-2-6-17(8-14)22(25,26)27/h2-11,20,29H,12-13H2,1H3. The number of anilines is 1. The number of nitrogens with one attached hydrogen (secondary N) is 1. The lowest BCUT2D eigenvalue weighted by molar-refractivity contribution is -0.137. The Morgan fingerprint density at radius 3 is 2.41 bits per heavy atom. The third-order valence-corrected chi connectivity index (χ3v) is 4.91. The number of halogens is 5. The zero-order valence-corrected chi connectivity index (χ0v) is 18.5. The van der Waals surface area contributed by atoms with Gasteiger partial charge in [0.15, 0.2) is 6.61 Å². The van der Waals surface area contributed by atoms with Gasteiger partial charge in [-0.2, -0.15) is 13.2 Å². The molecule has 0 aliphatic heterocycles. The van der Waals surface area contributed by atoms with Gasteiger partial charge in [0.05, 0.1) is 11.8 Å². The third-order valence-electron chi connectivity index (χ3n) is 4.32. The fraction of sp³-hybridized carbons (Fsp3) is 0.227. The molecule has 0 saturated heterocycles. The van der Waals surface area contributed by atoms with Crippen molar-refractivity contribution in [2.75, 3.05) is 17.6 Å². The number of pyridine rings is 1. The fourth-order valence-electron chi connectivity index (χ4n) is 2.91. The molecule has 6 nitrogen and oxygen atoms in total. The van der Waals surface area contributed by atoms with Gasteiger partial charge in [-0.25, -0.2) is 22.2 Å². The van der Waals surface area contributed by atoms with E-state index in [9.17, 15) is 30.4 Å². The molecule has 2 aromatic carbocycles. The van der Waals surface area contributed by atoms with E-state index < -0.39 is 34.8 Å². The molecule has 0 atom stereocenters. The molecule has 1 N–H and O–H groups in total. The first kappa shape index (κ1) is 25.2. The monoisotopic (exact) mass is 502 g/mol. The Morgan fingerprint density at radius 2 is 1.74 bits per heavy atom. The molecule has 0 aliphatic carbocycles. The minimum atomic E-state index is -4.47. The maximum atomic E-state index is 12.9. The van der Waals surface area contributed by atoms with Gasteiger partial charge in [-0.05, 0) is 41.5 Å². The van der Waals surface area contributed by atoms with Gasteiger partial charge in [-0.1, -0.05) is 24.3 Å². The number of nitrogens with zero attached hydrogens (tertiary/aromatic N) is 1. The summed E-state index contributed by atoms with van der Waals surface area (Å²) in [5.74, 6) is 0.0250. The van der Waals surface area contributed by atoms with Crippen molar-refractivity contribution in [3.8, 4) is 22.8 Å². The summed E-state index contributed by atoms with van der Waals surface area (Å²) >= 11 is 0. The highest BCUT2D eigenvalue weighted by molar-refractivity contribution is 7.92. The van der Waals surface area contributed by atoms with Crippen LogP contribution in [0.1, 0.15) is 11.1 Å². The van der Waals surface area contributed by atoms with Crippen molar-refractivity contribution < 1.29 is 39.8 Å². The molecule has 34 heavy (non-hydrogen) atoms. The molecule has 0 saturated carbocycles. The summed E-state index contributed by atoms with van der Waals surface area (Å²) in [5.41, 5.74) is 0.359. The van der Waals surface area contributed by atoms with Crippen molar-refractivity contribution >= 4 is 15.7 Å². The molecular weight excluding hydrogens is 483 g/mol. The summed E-state index contributed by atoms with van der Waals surface area (Å²) in [6.07, 6.45) is -5.05. The van der Waals surface area contributed by atoms with Crippen molar-refractivity contribution in [2.24, 2.45) is 0 Å². The van der Waals surface area contributed by atoms with Gasteiger partial charge in [0.25, 0.3) is 6.43 Å². The molecule has 0 amide bonds. The normalized spacial score (nSPS) is 12.0. The van der Waals surface area contributed by atoms with E-state index in [0.29, 0.717) is 22.4 Å². The quantitative estimate of drug-likeness (QED) is 0.399. The number of hydrogen-bond acceptors (Lipinski definition) is 5. The summed E-state index contributed by atoms with van der Waals surface area (Å²) in [5, 5.41) is 0. The summed E-state index contributed by atoms with van der Waals surface area (Å²) in [4.78, 5) is 3.94. The van der Waals surface area contributed by atoms with Crippen LogP contribution in [0.2, 0.25) is 0 Å². The van der Waals surface area contributed by atoms with Crippen molar-refractivity contribution in [3.05, 3.63) is 71.9 Å². The molecule has 0 radical (unpaired) electrons. The van der Waals surface area contributed by atoms with Crippen LogP contribution in [0.4, 0.5) is 27.6 Å². The number of aromatic nitrogens is 1. The molecule has 12 heteroatoms. The Morgan fingerprint density at radius 1 is 1.00 bits per heavy atom. The van der Waals surface area contributed by atoms with Crippen molar-refractivity contribution in [2.45, 2.75) is 19.2 Å². The Balaban J connectivity index is 1.82. The lowest BCUT2D eigenvalue weighted by atomic mass is 10.1. The minimum absolute atomic E-state index is 0.118. The van der Waals surface area contributed by atoms with E-state index in [1.165, 1.54) is 24.4 Å². The number of hydrogen-bond donors (Lipinski definition) is 1. The lowest BCUT2D eigenvalue weighted by Crippen LogP contribution is -2.14. The van der Waals surface area contributed by atoms with Gasteiger partial charge in [-0.15, -0.1) is 0 Å². The zero-order valence-electron chi connectivity index (χ0n) is 17.6. The molecule has 3 rings (SSSR count). The van der Waals surface area contributed by atoms with Crippen LogP contribution in [0.25, 0.3) is 11.1 Å². The SMILES string of the molecule is CS(=O)(=O)Nc1cc(-c2cccc(OCc3cccc(C(F)(F)F)c3)c2)cnc1OCC(F)F. The molecule has 1 heterocycles. The largest absolute Gasteiger partial charge is 0.489 e. The highest BCUT2D eigenvalue weighted by Gasteiger charge is 2.30. The predicted molar refractivity (Wildman–Crippen MR) is 115 cm³/mol. The van der Waals surface area contributed by atoms with Crippen molar-refractivity contribution in [1.82, 2.24) is 4.98 Å². The van der Waals surface area contributed by atoms with Crippen LogP contribution in [0.3, 0.4) is 0 Å². The first-order chi connectivity index (χ1) is 15.9. The topological polar surface area (TPSA) is 77.5 Å². The van der Waals surface area contributed by atoms with Crippen LogP contribution in [0.15, 0.2) is 60.8 Å². The first-order valence-corrected chi connectivity index (χ1v) is 11.6. The summed E-state index contributed by atoms with van der Waals surface area (Å²) in [7, 11) is -3.76. The summed E-state index contributed by atoms with van der Waals surface area (Å²) in [6.45, 7) is -1.09. The van der Waals surface area contributed by atoms with Gasteiger partial charge in [0.1, 0.15) is 18.0 Å². The van der Waals surface area contributed by atoms with Gasteiger partial charge in [-0.3, -0.25) is 4.72 Å². The van der Waals surface area contributed by atoms with Crippen LogP contribution >= 0.6 is 0 Å². The second-order valence-electron chi connectivity index (χ2n) is 7.17. The van der Waals surface area contributed by atoms with Crippen molar-refractivity contribution in [3.63, 3.8) is 0 Å². The molecule has 3 aromatic rings. The van der Waals surface area contributed by atoms with Crippen LogP contribution < -0.4 is 14.2 Å². The van der Waals surface area contributed by atoms with Gasteiger partial charge < -0.3 is 9.47 Å². The molecule has 0 unspecified atom stereocenters. The first-order valence-electron chi connectivity index (χ1n) is 9.69. The van der Waals surface area contributed by atoms with Crippen molar-refractivity contribution in [1.29, 1.82) is 0 Å². The Bertz CT molecular complexity index is 1250. The van der Waals surface area contributed by atoms with E-state index in [-0.39, 0.29) is 18.2 Å². The highest BCUT2D eigenvalue weighted by atomic mass is 32.2. The summed E-state index contributed by atoms with van der Waals surface area (Å²) < 4.78 is 99.7. The van der Waals surface area contributed by atoms with Crippen LogP contribution in [0.5, 0.6) is 11.6 Å². The van der Waals surface area contributed by atoms with Crippen LogP contribution in [-0.4, -0.2) is 32.7 Å². The Kier molecular flexibility index (Phi) is 7.60. The smallest absolute Gasteiger partial charge is 0.416 e. The van der Waals surface area contributed by atoms with E-state index >= 15 is 0 Å². The molecular formula is C22H19F5N2O4S.